The maximum absolute atomic E-state index is 11.9. The predicted molar refractivity (Wildman–Crippen MR) is 57.2 cm³/mol. The van der Waals surface area contributed by atoms with Crippen LogP contribution in [0.25, 0.3) is 0 Å². The molecule has 0 spiro atoms. The second-order valence-corrected chi connectivity index (χ2v) is 4.18. The SMILES string of the molecule is C=CCCC1CC(C)C(C(=O)OC)C1=O. The number of rotatable bonds is 4. The molecule has 1 aliphatic carbocycles. The van der Waals surface area contributed by atoms with Crippen LogP contribution in [0.4, 0.5) is 0 Å². The molecule has 1 fully saturated rings. The molecule has 0 aliphatic heterocycles. The summed E-state index contributed by atoms with van der Waals surface area (Å²) in [5.74, 6) is -0.739. The van der Waals surface area contributed by atoms with Crippen molar-refractivity contribution in [1.82, 2.24) is 0 Å². The Bertz CT molecular complexity index is 270. The number of ketones is 1. The van der Waals surface area contributed by atoms with E-state index < -0.39 is 5.92 Å². The Kier molecular flexibility index (Phi) is 4.06. The second kappa shape index (κ2) is 5.10. The van der Waals surface area contributed by atoms with Crippen molar-refractivity contribution in [1.29, 1.82) is 0 Å². The Labute approximate surface area is 90.5 Å². The quantitative estimate of drug-likeness (QED) is 0.405. The summed E-state index contributed by atoms with van der Waals surface area (Å²) in [4.78, 5) is 23.3. The normalized spacial score (nSPS) is 30.3. The van der Waals surface area contributed by atoms with Crippen LogP contribution in [0.1, 0.15) is 26.2 Å². The molecule has 3 nitrogen and oxygen atoms in total. The van der Waals surface area contributed by atoms with Gasteiger partial charge in [0.1, 0.15) is 11.7 Å². The highest BCUT2D eigenvalue weighted by molar-refractivity contribution is 6.02. The van der Waals surface area contributed by atoms with Crippen molar-refractivity contribution in [3.63, 3.8) is 0 Å². The Morgan fingerprint density at radius 1 is 1.67 bits per heavy atom. The van der Waals surface area contributed by atoms with E-state index in [9.17, 15) is 9.59 Å². The number of ether oxygens (including phenoxy) is 1. The largest absolute Gasteiger partial charge is 0.468 e. The van der Waals surface area contributed by atoms with E-state index in [-0.39, 0.29) is 23.6 Å². The van der Waals surface area contributed by atoms with E-state index in [4.69, 9.17) is 0 Å². The molecule has 0 radical (unpaired) electrons. The van der Waals surface area contributed by atoms with Gasteiger partial charge in [-0.05, 0) is 25.2 Å². The van der Waals surface area contributed by atoms with Gasteiger partial charge in [-0.3, -0.25) is 9.59 Å². The van der Waals surface area contributed by atoms with Gasteiger partial charge in [0.25, 0.3) is 0 Å². The lowest BCUT2D eigenvalue weighted by Crippen LogP contribution is -2.26. The summed E-state index contributed by atoms with van der Waals surface area (Å²) in [6.07, 6.45) is 4.24. The van der Waals surface area contributed by atoms with E-state index in [1.165, 1.54) is 7.11 Å². The predicted octanol–water partition coefficient (Wildman–Crippen LogP) is 1.97. The highest BCUT2D eigenvalue weighted by Gasteiger charge is 2.44. The summed E-state index contributed by atoms with van der Waals surface area (Å²) in [5.41, 5.74) is 0. The Hall–Kier alpha value is -1.12. The van der Waals surface area contributed by atoms with Crippen molar-refractivity contribution in [2.24, 2.45) is 17.8 Å². The molecule has 1 saturated carbocycles. The molecule has 1 aliphatic rings. The number of allylic oxidation sites excluding steroid dienone is 1. The molecule has 15 heavy (non-hydrogen) atoms. The van der Waals surface area contributed by atoms with Gasteiger partial charge in [-0.25, -0.2) is 0 Å². The van der Waals surface area contributed by atoms with Crippen molar-refractivity contribution < 1.29 is 14.3 Å². The van der Waals surface area contributed by atoms with Crippen LogP contribution in [0, 0.1) is 17.8 Å². The van der Waals surface area contributed by atoms with E-state index in [1.54, 1.807) is 0 Å². The topological polar surface area (TPSA) is 43.4 Å². The molecule has 0 saturated heterocycles. The summed E-state index contributed by atoms with van der Waals surface area (Å²) < 4.78 is 4.65. The molecule has 0 aromatic rings. The van der Waals surface area contributed by atoms with Crippen LogP contribution in [0.5, 0.6) is 0 Å². The highest BCUT2D eigenvalue weighted by Crippen LogP contribution is 2.36. The van der Waals surface area contributed by atoms with Crippen LogP contribution < -0.4 is 0 Å². The van der Waals surface area contributed by atoms with Crippen molar-refractivity contribution >= 4 is 11.8 Å². The monoisotopic (exact) mass is 210 g/mol. The van der Waals surface area contributed by atoms with Gasteiger partial charge in [-0.1, -0.05) is 13.0 Å². The molecule has 0 amide bonds. The van der Waals surface area contributed by atoms with Crippen molar-refractivity contribution in [3.8, 4) is 0 Å². The first kappa shape index (κ1) is 12.0. The van der Waals surface area contributed by atoms with Gasteiger partial charge < -0.3 is 4.74 Å². The average molecular weight is 210 g/mol. The van der Waals surface area contributed by atoms with Crippen LogP contribution in [-0.4, -0.2) is 18.9 Å². The van der Waals surface area contributed by atoms with Crippen LogP contribution in [0.15, 0.2) is 12.7 Å². The second-order valence-electron chi connectivity index (χ2n) is 4.18. The van der Waals surface area contributed by atoms with Crippen LogP contribution in [0.2, 0.25) is 0 Å². The maximum atomic E-state index is 11.9. The Morgan fingerprint density at radius 3 is 2.87 bits per heavy atom. The molecular weight excluding hydrogens is 192 g/mol. The Balaban J connectivity index is 2.65. The number of esters is 1. The summed E-state index contributed by atoms with van der Waals surface area (Å²) in [7, 11) is 1.33. The minimum atomic E-state index is -0.537. The zero-order chi connectivity index (χ0) is 11.4. The van der Waals surface area contributed by atoms with E-state index in [2.05, 4.69) is 11.3 Å². The highest BCUT2D eigenvalue weighted by atomic mass is 16.5. The minimum absolute atomic E-state index is 0.0158. The lowest BCUT2D eigenvalue weighted by molar-refractivity contribution is -0.150. The number of hydrogen-bond acceptors (Lipinski definition) is 3. The van der Waals surface area contributed by atoms with Gasteiger partial charge in [0.05, 0.1) is 7.11 Å². The maximum Gasteiger partial charge on any atom is 0.316 e. The zero-order valence-corrected chi connectivity index (χ0v) is 9.36. The van der Waals surface area contributed by atoms with Gasteiger partial charge in [0, 0.05) is 5.92 Å². The Morgan fingerprint density at radius 2 is 2.33 bits per heavy atom. The van der Waals surface area contributed by atoms with E-state index in [0.29, 0.717) is 0 Å². The summed E-state index contributed by atoms with van der Waals surface area (Å²) in [6.45, 7) is 5.57. The molecule has 3 atom stereocenters. The third-order valence-corrected chi connectivity index (χ3v) is 3.11. The number of carbonyl (C=O) groups is 2. The van der Waals surface area contributed by atoms with Gasteiger partial charge in [0.15, 0.2) is 0 Å². The molecule has 84 valence electrons. The summed E-state index contributed by atoms with van der Waals surface area (Å²) in [6, 6.07) is 0. The molecule has 0 aromatic carbocycles. The minimum Gasteiger partial charge on any atom is -0.468 e. The van der Waals surface area contributed by atoms with Crippen LogP contribution >= 0.6 is 0 Å². The molecule has 0 N–H and O–H groups in total. The fourth-order valence-corrected chi connectivity index (χ4v) is 2.29. The van der Waals surface area contributed by atoms with Gasteiger partial charge in [-0.15, -0.1) is 6.58 Å². The number of methoxy groups -OCH3 is 1. The molecule has 0 aromatic heterocycles. The molecule has 0 heterocycles. The average Bonchev–Trinajstić information content (AvgIpc) is 2.50. The van der Waals surface area contributed by atoms with E-state index in [0.717, 1.165) is 19.3 Å². The smallest absolute Gasteiger partial charge is 0.316 e. The first-order valence-electron chi connectivity index (χ1n) is 5.34. The van der Waals surface area contributed by atoms with E-state index >= 15 is 0 Å². The third-order valence-electron chi connectivity index (χ3n) is 3.11. The first-order valence-corrected chi connectivity index (χ1v) is 5.34. The van der Waals surface area contributed by atoms with Gasteiger partial charge in [0.2, 0.25) is 0 Å². The standard InChI is InChI=1S/C12H18O3/c1-4-5-6-9-7-8(2)10(11(9)13)12(14)15-3/h4,8-10H,1,5-7H2,2-3H3. The lowest BCUT2D eigenvalue weighted by Gasteiger charge is -2.10. The van der Waals surface area contributed by atoms with Crippen molar-refractivity contribution in [2.45, 2.75) is 26.2 Å². The third kappa shape index (κ3) is 2.46. The van der Waals surface area contributed by atoms with Crippen molar-refractivity contribution in [3.05, 3.63) is 12.7 Å². The van der Waals surface area contributed by atoms with Crippen LogP contribution in [-0.2, 0) is 14.3 Å². The van der Waals surface area contributed by atoms with Gasteiger partial charge in [-0.2, -0.15) is 0 Å². The number of carbonyl (C=O) groups excluding carboxylic acids is 2. The fourth-order valence-electron chi connectivity index (χ4n) is 2.29. The summed E-state index contributed by atoms with van der Waals surface area (Å²) in [5, 5.41) is 0. The molecule has 1 rings (SSSR count). The van der Waals surface area contributed by atoms with E-state index in [1.807, 2.05) is 13.0 Å². The fraction of sp³-hybridized carbons (Fsp3) is 0.667. The zero-order valence-electron chi connectivity index (χ0n) is 9.36. The van der Waals surface area contributed by atoms with Crippen LogP contribution in [0.3, 0.4) is 0 Å². The number of hydrogen-bond donors (Lipinski definition) is 0. The lowest BCUT2D eigenvalue weighted by atomic mass is 9.97. The summed E-state index contributed by atoms with van der Waals surface area (Å²) >= 11 is 0. The van der Waals surface area contributed by atoms with Gasteiger partial charge >= 0.3 is 5.97 Å². The first-order chi connectivity index (χ1) is 7.11. The van der Waals surface area contributed by atoms with Crippen molar-refractivity contribution in [2.75, 3.05) is 7.11 Å². The molecule has 3 unspecified atom stereocenters. The number of Topliss-reactive ketones (excluding diaryl/α,β-unsaturated/α-hetero) is 1. The molecular formula is C12H18O3. The molecule has 0 bridgehead atoms. The molecule has 3 heteroatoms.